The van der Waals surface area contributed by atoms with Crippen LogP contribution in [0, 0.1) is 0 Å². The highest BCUT2D eigenvalue weighted by Crippen LogP contribution is 2.37. The third kappa shape index (κ3) is 4.10. The molecule has 1 aromatic heterocycles. The number of para-hydroxylation sites is 1. The van der Waals surface area contributed by atoms with E-state index in [2.05, 4.69) is 4.99 Å². The van der Waals surface area contributed by atoms with E-state index in [9.17, 15) is 14.7 Å². The number of phenolic OH excluding ortho intramolecular Hbond substituents is 1. The minimum atomic E-state index is -0.841. The zero-order chi connectivity index (χ0) is 24.4. The number of esters is 1. The standard InChI is InChI=1S/C25H24N2O6S/c1-5-33-24(30)21-14(2)26-25-27(22(21)17-13-16(31-3)10-11-19(17)32-4)23(29)20(34-25)12-15-8-6-7-9-18(15)28/h6-13,22,28H,5H2,1-4H3. The van der Waals surface area contributed by atoms with E-state index in [1.807, 2.05) is 0 Å². The van der Waals surface area contributed by atoms with Crippen molar-refractivity contribution in [1.29, 1.82) is 0 Å². The third-order valence-electron chi connectivity index (χ3n) is 5.47. The minimum absolute atomic E-state index is 0.0581. The molecule has 0 radical (unpaired) electrons. The molecule has 2 aromatic carbocycles. The second-order valence-corrected chi connectivity index (χ2v) is 8.48. The first kappa shape index (κ1) is 23.3. The Bertz CT molecular complexity index is 1470. The lowest BCUT2D eigenvalue weighted by Crippen LogP contribution is -2.40. The van der Waals surface area contributed by atoms with Crippen molar-refractivity contribution in [2.45, 2.75) is 19.9 Å². The molecule has 3 aromatic rings. The molecule has 0 spiro atoms. The lowest BCUT2D eigenvalue weighted by atomic mass is 9.94. The van der Waals surface area contributed by atoms with E-state index in [-0.39, 0.29) is 23.5 Å². The molecule has 8 nitrogen and oxygen atoms in total. The maximum absolute atomic E-state index is 13.7. The molecule has 34 heavy (non-hydrogen) atoms. The number of aromatic nitrogens is 1. The summed E-state index contributed by atoms with van der Waals surface area (Å²) in [6, 6.07) is 11.1. The SMILES string of the molecule is CCOC(=O)C1=C(C)N=c2sc(=Cc3ccccc3O)c(=O)n2C1c1cc(OC)ccc1OC. The number of carbonyl (C=O) groups is 1. The van der Waals surface area contributed by atoms with Crippen LogP contribution in [0.15, 0.2) is 63.5 Å². The van der Waals surface area contributed by atoms with Crippen molar-refractivity contribution in [2.75, 3.05) is 20.8 Å². The molecule has 1 aliphatic heterocycles. The van der Waals surface area contributed by atoms with Gasteiger partial charge in [-0.05, 0) is 44.2 Å². The van der Waals surface area contributed by atoms with Gasteiger partial charge < -0.3 is 19.3 Å². The number of rotatable bonds is 6. The van der Waals surface area contributed by atoms with Crippen molar-refractivity contribution in [3.8, 4) is 17.2 Å². The molecular weight excluding hydrogens is 456 g/mol. The number of hydrogen-bond donors (Lipinski definition) is 1. The van der Waals surface area contributed by atoms with Gasteiger partial charge in [-0.15, -0.1) is 0 Å². The van der Waals surface area contributed by atoms with Crippen LogP contribution in [-0.4, -0.2) is 36.5 Å². The first-order valence-electron chi connectivity index (χ1n) is 10.6. The number of carbonyl (C=O) groups excluding carboxylic acids is 1. The Labute approximate surface area is 199 Å². The van der Waals surface area contributed by atoms with Gasteiger partial charge in [0, 0.05) is 11.1 Å². The lowest BCUT2D eigenvalue weighted by Gasteiger charge is -2.26. The highest BCUT2D eigenvalue weighted by Gasteiger charge is 2.35. The molecule has 0 saturated carbocycles. The number of nitrogens with zero attached hydrogens (tertiary/aromatic N) is 2. The number of hydrogen-bond acceptors (Lipinski definition) is 8. The predicted octanol–water partition coefficient (Wildman–Crippen LogP) is 2.52. The van der Waals surface area contributed by atoms with Crippen molar-refractivity contribution in [2.24, 2.45) is 4.99 Å². The van der Waals surface area contributed by atoms with Crippen molar-refractivity contribution in [1.82, 2.24) is 4.57 Å². The molecule has 0 bridgehead atoms. The first-order chi connectivity index (χ1) is 16.4. The van der Waals surface area contributed by atoms with Crippen LogP contribution in [-0.2, 0) is 9.53 Å². The molecule has 0 amide bonds. The first-order valence-corrected chi connectivity index (χ1v) is 11.4. The van der Waals surface area contributed by atoms with Gasteiger partial charge in [-0.2, -0.15) is 0 Å². The van der Waals surface area contributed by atoms with Crippen LogP contribution in [0.1, 0.15) is 31.0 Å². The number of allylic oxidation sites excluding steroid dienone is 1. The maximum atomic E-state index is 13.7. The van der Waals surface area contributed by atoms with Crippen molar-refractivity contribution < 1.29 is 24.1 Å². The number of ether oxygens (including phenoxy) is 3. The van der Waals surface area contributed by atoms with Gasteiger partial charge in [0.15, 0.2) is 4.80 Å². The normalized spacial score (nSPS) is 15.5. The van der Waals surface area contributed by atoms with Crippen LogP contribution in [0.5, 0.6) is 17.2 Å². The molecule has 9 heteroatoms. The summed E-state index contributed by atoms with van der Waals surface area (Å²) in [5.41, 5.74) is 1.41. The molecular formula is C25H24N2O6S. The molecule has 1 N–H and O–H groups in total. The fourth-order valence-electron chi connectivity index (χ4n) is 3.89. The lowest BCUT2D eigenvalue weighted by molar-refractivity contribution is -0.139. The highest BCUT2D eigenvalue weighted by atomic mass is 32.1. The summed E-state index contributed by atoms with van der Waals surface area (Å²) in [6.07, 6.45) is 1.61. The van der Waals surface area contributed by atoms with Crippen LogP contribution >= 0.6 is 11.3 Å². The second kappa shape index (κ2) is 9.56. The Morgan fingerprint density at radius 1 is 1.21 bits per heavy atom. The van der Waals surface area contributed by atoms with Gasteiger partial charge in [0.25, 0.3) is 5.56 Å². The molecule has 0 fully saturated rings. The van der Waals surface area contributed by atoms with Crippen molar-refractivity contribution >= 4 is 23.4 Å². The molecule has 2 heterocycles. The van der Waals surface area contributed by atoms with Gasteiger partial charge in [0.2, 0.25) is 0 Å². The van der Waals surface area contributed by atoms with Crippen LogP contribution in [0.25, 0.3) is 6.08 Å². The van der Waals surface area contributed by atoms with Crippen molar-refractivity contribution in [3.05, 3.63) is 84.5 Å². The van der Waals surface area contributed by atoms with Gasteiger partial charge in [-0.3, -0.25) is 9.36 Å². The molecule has 4 rings (SSSR count). The van der Waals surface area contributed by atoms with E-state index >= 15 is 0 Å². The molecule has 0 saturated heterocycles. The number of methoxy groups -OCH3 is 2. The Balaban J connectivity index is 2.03. The van der Waals surface area contributed by atoms with E-state index in [4.69, 9.17) is 14.2 Å². The smallest absolute Gasteiger partial charge is 0.338 e. The van der Waals surface area contributed by atoms with Gasteiger partial charge in [-0.25, -0.2) is 9.79 Å². The Kier molecular flexibility index (Phi) is 6.56. The molecule has 0 aliphatic carbocycles. The molecule has 176 valence electrons. The van der Waals surface area contributed by atoms with E-state index in [0.717, 1.165) is 0 Å². The summed E-state index contributed by atoms with van der Waals surface area (Å²) in [5.74, 6) is 0.527. The fourth-order valence-corrected chi connectivity index (χ4v) is 4.93. The molecule has 1 atom stereocenters. The number of aromatic hydroxyl groups is 1. The maximum Gasteiger partial charge on any atom is 0.338 e. The highest BCUT2D eigenvalue weighted by molar-refractivity contribution is 7.07. The summed E-state index contributed by atoms with van der Waals surface area (Å²) in [5, 5.41) is 10.2. The van der Waals surface area contributed by atoms with Crippen LogP contribution in [0.3, 0.4) is 0 Å². The van der Waals surface area contributed by atoms with Gasteiger partial charge in [0.1, 0.15) is 23.3 Å². The minimum Gasteiger partial charge on any atom is -0.507 e. The zero-order valence-electron chi connectivity index (χ0n) is 19.2. The summed E-state index contributed by atoms with van der Waals surface area (Å²) in [4.78, 5) is 31.7. The Morgan fingerprint density at radius 2 is 1.97 bits per heavy atom. The van der Waals surface area contributed by atoms with E-state index in [1.165, 1.54) is 30.1 Å². The van der Waals surface area contributed by atoms with Crippen molar-refractivity contribution in [3.63, 3.8) is 0 Å². The average molecular weight is 481 g/mol. The van der Waals surface area contributed by atoms with Crippen LogP contribution in [0.4, 0.5) is 0 Å². The number of benzene rings is 2. The monoisotopic (exact) mass is 480 g/mol. The van der Waals surface area contributed by atoms with E-state index < -0.39 is 12.0 Å². The van der Waals surface area contributed by atoms with Gasteiger partial charge in [-0.1, -0.05) is 29.5 Å². The summed E-state index contributed by atoms with van der Waals surface area (Å²) >= 11 is 1.18. The third-order valence-corrected chi connectivity index (χ3v) is 6.45. The Morgan fingerprint density at radius 3 is 2.65 bits per heavy atom. The summed E-state index contributed by atoms with van der Waals surface area (Å²) in [7, 11) is 3.06. The van der Waals surface area contributed by atoms with Gasteiger partial charge >= 0.3 is 5.97 Å². The number of phenols is 1. The fraction of sp³-hybridized carbons (Fsp3) is 0.240. The number of fused-ring (bicyclic) bond motifs is 1. The summed E-state index contributed by atoms with van der Waals surface area (Å²) in [6.45, 7) is 3.61. The molecule has 1 aliphatic rings. The predicted molar refractivity (Wildman–Crippen MR) is 128 cm³/mol. The topological polar surface area (TPSA) is 99.4 Å². The quantitative estimate of drug-likeness (QED) is 0.545. The number of thiazole rings is 1. The zero-order valence-corrected chi connectivity index (χ0v) is 20.0. The van der Waals surface area contributed by atoms with E-state index in [0.29, 0.717) is 37.7 Å². The Hall–Kier alpha value is -3.85. The summed E-state index contributed by atoms with van der Waals surface area (Å²) < 4.78 is 18.1. The molecule has 1 unspecified atom stereocenters. The second-order valence-electron chi connectivity index (χ2n) is 7.47. The van der Waals surface area contributed by atoms with E-state index in [1.54, 1.807) is 62.4 Å². The van der Waals surface area contributed by atoms with Gasteiger partial charge in [0.05, 0.1) is 36.6 Å². The largest absolute Gasteiger partial charge is 0.507 e. The van der Waals surface area contributed by atoms with Crippen LogP contribution in [0.2, 0.25) is 0 Å². The average Bonchev–Trinajstić information content (AvgIpc) is 3.13. The van der Waals surface area contributed by atoms with Crippen LogP contribution < -0.4 is 24.4 Å².